The van der Waals surface area contributed by atoms with Crippen LogP contribution >= 0.6 is 0 Å². The van der Waals surface area contributed by atoms with Gasteiger partial charge in [0, 0.05) is 0 Å². The fourth-order valence-electron chi connectivity index (χ4n) is 0.489. The average molecular weight is 111 g/mol. The first-order chi connectivity index (χ1) is 4.20. The highest BCUT2D eigenvalue weighted by atomic mass is 16.3. The SMILES string of the molecule is [2H]C(=O)c1ccc(C)o1. The molecular formula is C6H6O2. The first kappa shape index (κ1) is 3.89. The smallest absolute Gasteiger partial charge is 0.185 e. The van der Waals surface area contributed by atoms with Crippen molar-refractivity contribution in [2.24, 2.45) is 0 Å². The zero-order valence-electron chi connectivity index (χ0n) is 5.47. The van der Waals surface area contributed by atoms with E-state index in [4.69, 9.17) is 5.79 Å². The van der Waals surface area contributed by atoms with Crippen LogP contribution in [0, 0.1) is 6.92 Å². The Morgan fingerprint density at radius 3 is 2.88 bits per heavy atom. The zero-order chi connectivity index (χ0) is 6.85. The largest absolute Gasteiger partial charge is 0.459 e. The summed E-state index contributed by atoms with van der Waals surface area (Å²) in [5, 5.41) is 0. The van der Waals surface area contributed by atoms with E-state index >= 15 is 0 Å². The van der Waals surface area contributed by atoms with Gasteiger partial charge in [-0.3, -0.25) is 4.79 Å². The maximum absolute atomic E-state index is 10.2. The standard InChI is InChI=1S/C6H6O2/c1-5-2-3-6(4-7)8-5/h2-4H,1H3/i4D. The summed E-state index contributed by atoms with van der Waals surface area (Å²) in [5.41, 5.74) is 0. The second-order valence-electron chi connectivity index (χ2n) is 1.51. The normalized spacial score (nSPS) is 10.9. The number of aldehydes is 1. The van der Waals surface area contributed by atoms with Crippen molar-refractivity contribution < 1.29 is 10.6 Å². The molecule has 0 aliphatic rings. The Morgan fingerprint density at radius 1 is 1.88 bits per heavy atom. The number of rotatable bonds is 1. The molecule has 8 heavy (non-hydrogen) atoms. The summed E-state index contributed by atoms with van der Waals surface area (Å²) in [6.07, 6.45) is -0.775. The number of furan rings is 1. The molecule has 0 saturated heterocycles. The fourth-order valence-corrected chi connectivity index (χ4v) is 0.489. The molecule has 1 heterocycles. The average Bonchev–Trinajstić information content (AvgIpc) is 2.14. The lowest BCUT2D eigenvalue weighted by Crippen LogP contribution is -1.66. The van der Waals surface area contributed by atoms with Crippen LogP contribution in [0.2, 0.25) is 0 Å². The van der Waals surface area contributed by atoms with Gasteiger partial charge in [-0.05, 0) is 19.1 Å². The van der Waals surface area contributed by atoms with Gasteiger partial charge in [-0.1, -0.05) is 0 Å². The van der Waals surface area contributed by atoms with E-state index in [0.29, 0.717) is 5.76 Å². The molecule has 0 unspecified atom stereocenters. The van der Waals surface area contributed by atoms with Crippen molar-refractivity contribution in [1.29, 1.82) is 0 Å². The summed E-state index contributed by atoms with van der Waals surface area (Å²) in [6, 6.07) is 3.15. The third kappa shape index (κ3) is 0.780. The van der Waals surface area contributed by atoms with E-state index in [1.807, 2.05) is 0 Å². The third-order valence-corrected chi connectivity index (χ3v) is 0.841. The van der Waals surface area contributed by atoms with Crippen molar-refractivity contribution in [3.63, 3.8) is 0 Å². The van der Waals surface area contributed by atoms with Gasteiger partial charge < -0.3 is 4.42 Å². The van der Waals surface area contributed by atoms with E-state index < -0.39 is 6.26 Å². The lowest BCUT2D eigenvalue weighted by Gasteiger charge is -1.75. The molecule has 2 nitrogen and oxygen atoms in total. The number of carbonyl (C=O) groups excluding carboxylic acids is 1. The maximum atomic E-state index is 10.2. The van der Waals surface area contributed by atoms with Crippen molar-refractivity contribution in [2.45, 2.75) is 6.92 Å². The molecule has 0 atom stereocenters. The van der Waals surface area contributed by atoms with E-state index in [2.05, 4.69) is 0 Å². The number of hydrogen-bond acceptors (Lipinski definition) is 2. The van der Waals surface area contributed by atoms with Gasteiger partial charge in [-0.2, -0.15) is 0 Å². The predicted molar refractivity (Wildman–Crippen MR) is 28.8 cm³/mol. The second-order valence-corrected chi connectivity index (χ2v) is 1.51. The molecule has 0 fully saturated rings. The quantitative estimate of drug-likeness (QED) is 0.513. The van der Waals surface area contributed by atoms with Gasteiger partial charge in [-0.15, -0.1) is 0 Å². The van der Waals surface area contributed by atoms with Crippen LogP contribution in [-0.2, 0) is 0 Å². The molecule has 0 aliphatic carbocycles. The molecule has 2 heteroatoms. The predicted octanol–water partition coefficient (Wildman–Crippen LogP) is 1.40. The Hall–Kier alpha value is -1.05. The molecule has 0 aromatic carbocycles. The molecule has 0 aliphatic heterocycles. The Labute approximate surface area is 48.5 Å². The first-order valence-corrected chi connectivity index (χ1v) is 2.27. The molecule has 1 aromatic rings. The zero-order valence-corrected chi connectivity index (χ0v) is 4.47. The van der Waals surface area contributed by atoms with Crippen molar-refractivity contribution in [1.82, 2.24) is 0 Å². The number of hydrogen-bond donors (Lipinski definition) is 0. The van der Waals surface area contributed by atoms with Crippen LogP contribution in [0.25, 0.3) is 0 Å². The molecule has 1 rings (SSSR count). The maximum Gasteiger partial charge on any atom is 0.185 e. The summed E-state index contributed by atoms with van der Waals surface area (Å²) < 4.78 is 11.4. The topological polar surface area (TPSA) is 30.2 Å². The minimum Gasteiger partial charge on any atom is -0.459 e. The van der Waals surface area contributed by atoms with Crippen LogP contribution in [0.3, 0.4) is 0 Å². The van der Waals surface area contributed by atoms with Gasteiger partial charge in [-0.25, -0.2) is 0 Å². The Kier molecular flexibility index (Phi) is 0.886. The van der Waals surface area contributed by atoms with Gasteiger partial charge in [0.1, 0.15) is 7.13 Å². The summed E-state index contributed by atoms with van der Waals surface area (Å²) in [6.45, 7) is 1.73. The van der Waals surface area contributed by atoms with E-state index in [1.165, 1.54) is 6.07 Å². The number of carbonyl (C=O) groups is 1. The van der Waals surface area contributed by atoms with Crippen LogP contribution in [0.4, 0.5) is 0 Å². The van der Waals surface area contributed by atoms with Gasteiger partial charge >= 0.3 is 0 Å². The van der Waals surface area contributed by atoms with Crippen molar-refractivity contribution in [2.75, 3.05) is 0 Å². The molecule has 0 radical (unpaired) electrons. The van der Waals surface area contributed by atoms with E-state index in [-0.39, 0.29) is 5.76 Å². The summed E-state index contributed by atoms with van der Waals surface area (Å²) in [4.78, 5) is 10.2. The number of aryl methyl sites for hydroxylation is 1. The Morgan fingerprint density at radius 2 is 2.62 bits per heavy atom. The molecule has 0 spiro atoms. The van der Waals surface area contributed by atoms with Crippen molar-refractivity contribution in [3.8, 4) is 0 Å². The highest BCUT2D eigenvalue weighted by Gasteiger charge is 1.91. The molecule has 0 N–H and O–H groups in total. The monoisotopic (exact) mass is 111 g/mol. The van der Waals surface area contributed by atoms with Crippen LogP contribution in [0.1, 0.15) is 17.7 Å². The van der Waals surface area contributed by atoms with Gasteiger partial charge in [0.15, 0.2) is 12.0 Å². The third-order valence-electron chi connectivity index (χ3n) is 0.841. The molecule has 0 saturated carbocycles. The first-order valence-electron chi connectivity index (χ1n) is 2.77. The lowest BCUT2D eigenvalue weighted by molar-refractivity contribution is 0.109. The minimum absolute atomic E-state index is 0.104. The minimum atomic E-state index is -0.775. The van der Waals surface area contributed by atoms with E-state index in [1.54, 1.807) is 13.0 Å². The summed E-state index contributed by atoms with van der Waals surface area (Å²) in [7, 11) is 0. The molecule has 42 valence electrons. The van der Waals surface area contributed by atoms with Crippen LogP contribution in [0.5, 0.6) is 0 Å². The molecule has 0 bridgehead atoms. The van der Waals surface area contributed by atoms with Crippen LogP contribution in [0.15, 0.2) is 16.5 Å². The fraction of sp³-hybridized carbons (Fsp3) is 0.167. The lowest BCUT2D eigenvalue weighted by atomic mass is 10.5. The molecular weight excluding hydrogens is 104 g/mol. The highest BCUT2D eigenvalue weighted by Crippen LogP contribution is 2.01. The summed E-state index contributed by atoms with van der Waals surface area (Å²) in [5.74, 6) is 0.762. The molecule has 0 amide bonds. The van der Waals surface area contributed by atoms with Crippen LogP contribution < -0.4 is 0 Å². The van der Waals surface area contributed by atoms with Crippen LogP contribution in [-0.4, -0.2) is 6.26 Å². The van der Waals surface area contributed by atoms with E-state index in [9.17, 15) is 4.79 Å². The van der Waals surface area contributed by atoms with Gasteiger partial charge in [0.2, 0.25) is 0 Å². The second kappa shape index (κ2) is 1.82. The highest BCUT2D eigenvalue weighted by molar-refractivity contribution is 5.70. The Balaban J connectivity index is 2.98. The van der Waals surface area contributed by atoms with E-state index in [0.717, 1.165) is 0 Å². The van der Waals surface area contributed by atoms with Gasteiger partial charge in [0.25, 0.3) is 0 Å². The van der Waals surface area contributed by atoms with Gasteiger partial charge in [0.05, 0.1) is 0 Å². The summed E-state index contributed by atoms with van der Waals surface area (Å²) >= 11 is 0. The van der Waals surface area contributed by atoms with Crippen molar-refractivity contribution >= 4 is 6.26 Å². The van der Waals surface area contributed by atoms with Crippen molar-refractivity contribution in [3.05, 3.63) is 23.7 Å². The molecule has 1 aromatic heterocycles. The Bertz CT molecular complexity index is 227.